The highest BCUT2D eigenvalue weighted by atomic mass is 32.1. The summed E-state index contributed by atoms with van der Waals surface area (Å²) in [6.45, 7) is 0. The molecule has 0 unspecified atom stereocenters. The molecule has 0 aromatic carbocycles. The van der Waals surface area contributed by atoms with E-state index in [0.29, 0.717) is 4.88 Å². The average Bonchev–Trinajstić information content (AvgIpc) is 2.34. The third kappa shape index (κ3) is 1.11. The molecule has 0 saturated heterocycles. The highest BCUT2D eigenvalue weighted by Gasteiger charge is 2.09. The van der Waals surface area contributed by atoms with E-state index in [0.717, 1.165) is 0 Å². The average molecular weight is 157 g/mol. The minimum absolute atomic E-state index is 0.0457. The van der Waals surface area contributed by atoms with Crippen molar-refractivity contribution in [2.24, 2.45) is 0 Å². The number of amides is 1. The highest BCUT2D eigenvalue weighted by Crippen LogP contribution is 2.22. The van der Waals surface area contributed by atoms with Crippen LogP contribution in [-0.4, -0.2) is 18.1 Å². The van der Waals surface area contributed by atoms with Crippen LogP contribution in [0.5, 0.6) is 5.75 Å². The van der Waals surface area contributed by atoms with E-state index in [1.54, 1.807) is 5.38 Å². The van der Waals surface area contributed by atoms with E-state index >= 15 is 0 Å². The van der Waals surface area contributed by atoms with Gasteiger partial charge in [0, 0.05) is 7.05 Å². The fraction of sp³-hybridized carbons (Fsp3) is 0.167. The Balaban J connectivity index is 2.93. The number of nitrogens with one attached hydrogen (secondary N) is 1. The van der Waals surface area contributed by atoms with Gasteiger partial charge in [-0.1, -0.05) is 0 Å². The Bertz CT molecular complexity index is 244. The second-order valence-corrected chi connectivity index (χ2v) is 2.63. The van der Waals surface area contributed by atoms with E-state index in [9.17, 15) is 4.79 Å². The van der Waals surface area contributed by atoms with Gasteiger partial charge in [0.25, 0.3) is 5.91 Å². The first kappa shape index (κ1) is 7.08. The maximum atomic E-state index is 10.8. The Hall–Kier alpha value is -1.03. The zero-order chi connectivity index (χ0) is 7.56. The van der Waals surface area contributed by atoms with Crippen LogP contribution in [0.2, 0.25) is 0 Å². The fourth-order valence-electron chi connectivity index (χ4n) is 0.586. The van der Waals surface area contributed by atoms with Crippen molar-refractivity contribution in [2.45, 2.75) is 0 Å². The third-order valence-electron chi connectivity index (χ3n) is 1.08. The Kier molecular flexibility index (Phi) is 1.91. The molecular weight excluding hydrogens is 150 g/mol. The maximum absolute atomic E-state index is 10.8. The molecule has 0 atom stereocenters. The van der Waals surface area contributed by atoms with E-state index in [1.807, 2.05) is 0 Å². The van der Waals surface area contributed by atoms with Crippen molar-refractivity contribution in [2.75, 3.05) is 7.05 Å². The van der Waals surface area contributed by atoms with Crippen LogP contribution in [0.3, 0.4) is 0 Å². The lowest BCUT2D eigenvalue weighted by atomic mass is 10.4. The largest absolute Gasteiger partial charge is 0.506 e. The van der Waals surface area contributed by atoms with E-state index in [1.165, 1.54) is 24.5 Å². The quantitative estimate of drug-likeness (QED) is 0.634. The van der Waals surface area contributed by atoms with E-state index in [2.05, 4.69) is 5.32 Å². The van der Waals surface area contributed by atoms with Crippen molar-refractivity contribution in [1.82, 2.24) is 5.32 Å². The number of hydrogen-bond donors (Lipinski definition) is 2. The number of carbonyl (C=O) groups is 1. The lowest BCUT2D eigenvalue weighted by molar-refractivity contribution is 0.0965. The molecule has 0 bridgehead atoms. The summed E-state index contributed by atoms with van der Waals surface area (Å²) in [5, 5.41) is 13.1. The molecule has 1 amide bonds. The molecule has 0 radical (unpaired) electrons. The van der Waals surface area contributed by atoms with Crippen molar-refractivity contribution in [3.63, 3.8) is 0 Å². The molecule has 1 rings (SSSR count). The van der Waals surface area contributed by atoms with Crippen LogP contribution < -0.4 is 5.32 Å². The number of thiophene rings is 1. The number of aromatic hydroxyl groups is 1. The van der Waals surface area contributed by atoms with Crippen LogP contribution in [0.15, 0.2) is 11.4 Å². The number of carbonyl (C=O) groups excluding carboxylic acids is 1. The molecule has 0 fully saturated rings. The van der Waals surface area contributed by atoms with Crippen molar-refractivity contribution >= 4 is 17.2 Å². The Morgan fingerprint density at radius 1 is 1.80 bits per heavy atom. The van der Waals surface area contributed by atoms with Crippen molar-refractivity contribution in [1.29, 1.82) is 0 Å². The van der Waals surface area contributed by atoms with Crippen LogP contribution in [0, 0.1) is 0 Å². The van der Waals surface area contributed by atoms with Gasteiger partial charge in [-0.3, -0.25) is 4.79 Å². The zero-order valence-electron chi connectivity index (χ0n) is 5.42. The molecule has 54 valence electrons. The summed E-state index contributed by atoms with van der Waals surface area (Å²) in [4.78, 5) is 11.2. The van der Waals surface area contributed by atoms with Crippen LogP contribution >= 0.6 is 11.3 Å². The van der Waals surface area contributed by atoms with Gasteiger partial charge in [-0.05, 0) is 11.4 Å². The summed E-state index contributed by atoms with van der Waals surface area (Å²) in [7, 11) is 1.53. The summed E-state index contributed by atoms with van der Waals surface area (Å²) in [5.74, 6) is -0.197. The normalized spacial score (nSPS) is 9.30. The summed E-state index contributed by atoms with van der Waals surface area (Å²) < 4.78 is 0. The highest BCUT2D eigenvalue weighted by molar-refractivity contribution is 7.12. The summed E-state index contributed by atoms with van der Waals surface area (Å²) in [6.07, 6.45) is 0. The molecule has 4 heteroatoms. The molecule has 0 aliphatic heterocycles. The third-order valence-corrected chi connectivity index (χ3v) is 1.98. The molecule has 1 aromatic rings. The lowest BCUT2D eigenvalue weighted by Gasteiger charge is -1.93. The Morgan fingerprint density at radius 2 is 2.50 bits per heavy atom. The lowest BCUT2D eigenvalue weighted by Crippen LogP contribution is -2.16. The van der Waals surface area contributed by atoms with Gasteiger partial charge >= 0.3 is 0 Å². The van der Waals surface area contributed by atoms with Gasteiger partial charge in [-0.25, -0.2) is 0 Å². The van der Waals surface area contributed by atoms with Crippen LogP contribution in [0.4, 0.5) is 0 Å². The van der Waals surface area contributed by atoms with Gasteiger partial charge in [0.05, 0.1) is 0 Å². The second kappa shape index (κ2) is 2.70. The Morgan fingerprint density at radius 3 is 2.90 bits per heavy atom. The van der Waals surface area contributed by atoms with Crippen molar-refractivity contribution in [3.8, 4) is 5.75 Å². The molecule has 2 N–H and O–H groups in total. The molecule has 10 heavy (non-hydrogen) atoms. The molecular formula is C6H7NO2S. The van der Waals surface area contributed by atoms with Gasteiger partial charge in [0.2, 0.25) is 0 Å². The first-order valence-electron chi connectivity index (χ1n) is 2.74. The Labute approximate surface area is 62.3 Å². The molecule has 0 aliphatic carbocycles. The minimum Gasteiger partial charge on any atom is -0.506 e. The zero-order valence-corrected chi connectivity index (χ0v) is 6.23. The minimum atomic E-state index is -0.243. The topological polar surface area (TPSA) is 49.3 Å². The van der Waals surface area contributed by atoms with Crippen LogP contribution in [0.1, 0.15) is 9.67 Å². The van der Waals surface area contributed by atoms with Crippen LogP contribution in [0.25, 0.3) is 0 Å². The van der Waals surface area contributed by atoms with E-state index < -0.39 is 0 Å². The second-order valence-electron chi connectivity index (χ2n) is 1.71. The summed E-state index contributed by atoms with van der Waals surface area (Å²) in [5.41, 5.74) is 0. The van der Waals surface area contributed by atoms with Gasteiger partial charge in [0.15, 0.2) is 0 Å². The fourth-order valence-corrected chi connectivity index (χ4v) is 1.32. The predicted molar refractivity (Wildman–Crippen MR) is 39.4 cm³/mol. The van der Waals surface area contributed by atoms with Crippen molar-refractivity contribution < 1.29 is 9.90 Å². The SMILES string of the molecule is CNC(=O)c1sccc1O. The molecule has 0 aliphatic rings. The monoisotopic (exact) mass is 157 g/mol. The smallest absolute Gasteiger partial charge is 0.264 e. The molecule has 1 heterocycles. The number of rotatable bonds is 1. The maximum Gasteiger partial charge on any atom is 0.264 e. The first-order valence-corrected chi connectivity index (χ1v) is 3.62. The van der Waals surface area contributed by atoms with Gasteiger partial charge in [0.1, 0.15) is 10.6 Å². The summed E-state index contributed by atoms with van der Waals surface area (Å²) in [6, 6.07) is 1.50. The first-order chi connectivity index (χ1) is 4.75. The van der Waals surface area contributed by atoms with Gasteiger partial charge < -0.3 is 10.4 Å². The van der Waals surface area contributed by atoms with Crippen LogP contribution in [-0.2, 0) is 0 Å². The standard InChI is InChI=1S/C6H7NO2S/c1-7-6(9)5-4(8)2-3-10-5/h2-3,8H,1H3,(H,7,9). The van der Waals surface area contributed by atoms with Crippen molar-refractivity contribution in [3.05, 3.63) is 16.3 Å². The summed E-state index contributed by atoms with van der Waals surface area (Å²) >= 11 is 1.22. The molecule has 1 aromatic heterocycles. The molecule has 0 spiro atoms. The molecule has 3 nitrogen and oxygen atoms in total. The molecule has 0 saturated carbocycles. The van der Waals surface area contributed by atoms with Gasteiger partial charge in [-0.2, -0.15) is 0 Å². The van der Waals surface area contributed by atoms with Gasteiger partial charge in [-0.15, -0.1) is 11.3 Å². The number of hydrogen-bond acceptors (Lipinski definition) is 3. The predicted octanol–water partition coefficient (Wildman–Crippen LogP) is 0.813. The van der Waals surface area contributed by atoms with E-state index in [4.69, 9.17) is 5.11 Å². The van der Waals surface area contributed by atoms with E-state index in [-0.39, 0.29) is 11.7 Å².